The molecule has 0 aromatic rings. The molecule has 0 amide bonds. The van der Waals surface area contributed by atoms with Crippen LogP contribution in [0, 0.1) is 0 Å². The van der Waals surface area contributed by atoms with Gasteiger partial charge in [-0.25, -0.2) is 0 Å². The highest BCUT2D eigenvalue weighted by atomic mass is 16.1. The van der Waals surface area contributed by atoms with Gasteiger partial charge in [-0.3, -0.25) is 4.79 Å². The van der Waals surface area contributed by atoms with Gasteiger partial charge in [-0.15, -0.1) is 0 Å². The smallest absolute Gasteiger partial charge is 0.146 e. The lowest BCUT2D eigenvalue weighted by Gasteiger charge is -2.00. The maximum absolute atomic E-state index is 10.5. The lowest BCUT2D eigenvalue weighted by molar-refractivity contribution is -0.105. The first kappa shape index (κ1) is 10.1. The molecule has 0 aromatic carbocycles. The Kier molecular flexibility index (Phi) is 5.39. The first-order valence-corrected chi connectivity index (χ1v) is 3.80. The molecule has 0 saturated heterocycles. The number of rotatable bonds is 4. The summed E-state index contributed by atoms with van der Waals surface area (Å²) in [4.78, 5) is 10.5. The van der Waals surface area contributed by atoms with Crippen LogP contribution in [0.2, 0.25) is 0 Å². The predicted molar refractivity (Wildman–Crippen MR) is 47.2 cm³/mol. The Hall–Kier alpha value is -0.890. The van der Waals surface area contributed by atoms with Gasteiger partial charge in [-0.05, 0) is 24.5 Å². The van der Waals surface area contributed by atoms with E-state index in [0.717, 1.165) is 23.9 Å². The van der Waals surface area contributed by atoms with Crippen molar-refractivity contribution in [2.45, 2.75) is 20.3 Å². The van der Waals surface area contributed by atoms with Gasteiger partial charge in [0.2, 0.25) is 0 Å². The van der Waals surface area contributed by atoms with E-state index in [1.54, 1.807) is 0 Å². The molecule has 62 valence electrons. The molecular formula is C9H15NO. The van der Waals surface area contributed by atoms with Crippen molar-refractivity contribution in [3.63, 3.8) is 0 Å². The van der Waals surface area contributed by atoms with E-state index in [1.807, 2.05) is 26.0 Å². The Morgan fingerprint density at radius 3 is 2.36 bits per heavy atom. The molecule has 0 atom stereocenters. The average molecular weight is 153 g/mol. The summed E-state index contributed by atoms with van der Waals surface area (Å²) in [5.41, 5.74) is 7.17. The van der Waals surface area contributed by atoms with Crippen LogP contribution in [0.3, 0.4) is 0 Å². The molecule has 0 unspecified atom stereocenters. The summed E-state index contributed by atoms with van der Waals surface area (Å²) in [5.74, 6) is 0. The zero-order valence-corrected chi connectivity index (χ0v) is 7.13. The van der Waals surface area contributed by atoms with Gasteiger partial charge >= 0.3 is 0 Å². The van der Waals surface area contributed by atoms with Gasteiger partial charge in [0.15, 0.2) is 0 Å². The van der Waals surface area contributed by atoms with Crippen molar-refractivity contribution < 1.29 is 4.79 Å². The summed E-state index contributed by atoms with van der Waals surface area (Å²) in [6, 6.07) is 0. The van der Waals surface area contributed by atoms with Crippen LogP contribution in [0.1, 0.15) is 20.3 Å². The average Bonchev–Trinajstić information content (AvgIpc) is 2.05. The number of nitrogens with two attached hydrogens (primary N) is 1. The summed E-state index contributed by atoms with van der Waals surface area (Å²) in [5, 5.41) is 0. The highest BCUT2D eigenvalue weighted by molar-refractivity contribution is 5.75. The monoisotopic (exact) mass is 153 g/mol. The Balaban J connectivity index is 4.61. The molecule has 0 radical (unpaired) electrons. The van der Waals surface area contributed by atoms with Crippen LogP contribution >= 0.6 is 0 Å². The predicted octanol–water partition coefficient (Wildman–Crippen LogP) is 1.43. The van der Waals surface area contributed by atoms with E-state index in [9.17, 15) is 4.79 Å². The van der Waals surface area contributed by atoms with Crippen LogP contribution in [0.4, 0.5) is 0 Å². The van der Waals surface area contributed by atoms with Crippen molar-refractivity contribution in [1.29, 1.82) is 0 Å². The first-order chi connectivity index (χ1) is 5.29. The second kappa shape index (κ2) is 5.86. The van der Waals surface area contributed by atoms with Gasteiger partial charge in [0.1, 0.15) is 6.29 Å². The van der Waals surface area contributed by atoms with Crippen molar-refractivity contribution in [2.24, 2.45) is 5.73 Å². The highest BCUT2D eigenvalue weighted by Gasteiger charge is 1.97. The van der Waals surface area contributed by atoms with Crippen LogP contribution in [0.5, 0.6) is 0 Å². The van der Waals surface area contributed by atoms with Gasteiger partial charge in [-0.2, -0.15) is 0 Å². The fourth-order valence-corrected chi connectivity index (χ4v) is 0.893. The Morgan fingerprint density at radius 1 is 1.45 bits per heavy atom. The molecule has 0 bridgehead atoms. The Bertz CT molecular complexity index is 180. The van der Waals surface area contributed by atoms with E-state index >= 15 is 0 Å². The van der Waals surface area contributed by atoms with Crippen LogP contribution in [-0.4, -0.2) is 12.8 Å². The van der Waals surface area contributed by atoms with Crippen molar-refractivity contribution in [3.05, 3.63) is 23.3 Å². The van der Waals surface area contributed by atoms with E-state index in [-0.39, 0.29) is 0 Å². The SMILES string of the molecule is C/C=C\C(CN)=C(\C=O)CC. The fourth-order valence-electron chi connectivity index (χ4n) is 0.893. The zero-order valence-electron chi connectivity index (χ0n) is 7.13. The minimum absolute atomic E-state index is 0.437. The van der Waals surface area contributed by atoms with Crippen LogP contribution in [0.25, 0.3) is 0 Å². The molecule has 2 heteroatoms. The molecule has 11 heavy (non-hydrogen) atoms. The number of aldehydes is 1. The number of allylic oxidation sites excluding steroid dienone is 2. The van der Waals surface area contributed by atoms with Crippen LogP contribution in [-0.2, 0) is 4.79 Å². The molecule has 0 fully saturated rings. The van der Waals surface area contributed by atoms with Crippen molar-refractivity contribution >= 4 is 6.29 Å². The maximum atomic E-state index is 10.5. The second-order valence-corrected chi connectivity index (χ2v) is 2.23. The summed E-state index contributed by atoms with van der Waals surface area (Å²) in [7, 11) is 0. The number of carbonyl (C=O) groups is 1. The fraction of sp³-hybridized carbons (Fsp3) is 0.444. The molecular weight excluding hydrogens is 138 g/mol. The molecule has 2 N–H and O–H groups in total. The summed E-state index contributed by atoms with van der Waals surface area (Å²) in [6.45, 7) is 4.29. The molecule has 0 aliphatic carbocycles. The standard InChI is InChI=1S/C9H15NO/c1-3-5-9(6-10)8(4-2)7-11/h3,5,7H,4,6,10H2,1-2H3/b5-3-,9-8-. The van der Waals surface area contributed by atoms with Crippen LogP contribution in [0.15, 0.2) is 23.3 Å². The lowest BCUT2D eigenvalue weighted by Crippen LogP contribution is -2.04. The number of hydrogen-bond acceptors (Lipinski definition) is 2. The third kappa shape index (κ3) is 3.14. The molecule has 0 aromatic heterocycles. The summed E-state index contributed by atoms with van der Waals surface area (Å²) < 4.78 is 0. The summed E-state index contributed by atoms with van der Waals surface area (Å²) in [6.07, 6.45) is 5.40. The Morgan fingerprint density at radius 2 is 2.09 bits per heavy atom. The second-order valence-electron chi connectivity index (χ2n) is 2.23. The summed E-state index contributed by atoms with van der Waals surface area (Å²) >= 11 is 0. The van der Waals surface area contributed by atoms with Gasteiger partial charge in [-0.1, -0.05) is 19.1 Å². The van der Waals surface area contributed by atoms with Gasteiger partial charge in [0.25, 0.3) is 0 Å². The number of carbonyl (C=O) groups excluding carboxylic acids is 1. The lowest BCUT2D eigenvalue weighted by atomic mass is 10.1. The van der Waals surface area contributed by atoms with E-state index in [0.29, 0.717) is 6.54 Å². The van der Waals surface area contributed by atoms with Crippen LogP contribution < -0.4 is 5.73 Å². The number of hydrogen-bond donors (Lipinski definition) is 1. The van der Waals surface area contributed by atoms with Crippen molar-refractivity contribution in [3.8, 4) is 0 Å². The van der Waals surface area contributed by atoms with E-state index in [1.165, 1.54) is 0 Å². The van der Waals surface area contributed by atoms with E-state index in [2.05, 4.69) is 0 Å². The third-order valence-corrected chi connectivity index (χ3v) is 1.52. The first-order valence-electron chi connectivity index (χ1n) is 3.80. The van der Waals surface area contributed by atoms with Gasteiger partial charge in [0.05, 0.1) is 0 Å². The zero-order chi connectivity index (χ0) is 8.69. The minimum Gasteiger partial charge on any atom is -0.326 e. The third-order valence-electron chi connectivity index (χ3n) is 1.52. The molecule has 0 spiro atoms. The molecule has 0 rings (SSSR count). The normalized spacial score (nSPS) is 13.4. The quantitative estimate of drug-likeness (QED) is 0.377. The topological polar surface area (TPSA) is 43.1 Å². The van der Waals surface area contributed by atoms with Crippen molar-refractivity contribution in [2.75, 3.05) is 6.54 Å². The molecule has 2 nitrogen and oxygen atoms in total. The molecule has 0 aliphatic rings. The van der Waals surface area contributed by atoms with E-state index in [4.69, 9.17) is 5.73 Å². The highest BCUT2D eigenvalue weighted by Crippen LogP contribution is 2.05. The molecule has 0 heterocycles. The largest absolute Gasteiger partial charge is 0.326 e. The molecule has 0 aliphatic heterocycles. The van der Waals surface area contributed by atoms with E-state index < -0.39 is 0 Å². The Labute approximate surface area is 67.8 Å². The van der Waals surface area contributed by atoms with Gasteiger partial charge in [0, 0.05) is 6.54 Å². The van der Waals surface area contributed by atoms with Gasteiger partial charge < -0.3 is 5.73 Å². The molecule has 0 saturated carbocycles. The minimum atomic E-state index is 0.437. The van der Waals surface area contributed by atoms with Crippen molar-refractivity contribution in [1.82, 2.24) is 0 Å². The maximum Gasteiger partial charge on any atom is 0.146 e.